The minimum atomic E-state index is 0.241. The first-order chi connectivity index (χ1) is 7.68. The van der Waals surface area contributed by atoms with E-state index in [0.717, 1.165) is 17.8 Å². The molecule has 1 aromatic rings. The van der Waals surface area contributed by atoms with Crippen LogP contribution < -0.4 is 5.73 Å². The van der Waals surface area contributed by atoms with E-state index in [1.54, 1.807) is 11.3 Å². The molecule has 0 radical (unpaired) electrons. The summed E-state index contributed by atoms with van der Waals surface area (Å²) in [6, 6.07) is 2.43. The van der Waals surface area contributed by atoms with E-state index in [9.17, 15) is 0 Å². The standard InChI is InChI=1S/C12H15Br2NS/c13-9-5-8(12(14)16-9)11(15)10-6-3-1-2-4-7(6)10/h5-7,10-11H,1-4,15H2. The van der Waals surface area contributed by atoms with Gasteiger partial charge in [0.25, 0.3) is 0 Å². The Kier molecular flexibility index (Phi) is 3.20. The fourth-order valence-electron chi connectivity index (χ4n) is 3.37. The van der Waals surface area contributed by atoms with Gasteiger partial charge in [-0.05, 0) is 74.1 Å². The molecule has 0 amide bonds. The molecule has 0 saturated heterocycles. The summed E-state index contributed by atoms with van der Waals surface area (Å²) >= 11 is 8.88. The van der Waals surface area contributed by atoms with Crippen molar-refractivity contribution in [2.75, 3.05) is 0 Å². The molecule has 3 unspecified atom stereocenters. The van der Waals surface area contributed by atoms with Crippen LogP contribution in [0.3, 0.4) is 0 Å². The highest BCUT2D eigenvalue weighted by molar-refractivity contribution is 9.12. The maximum absolute atomic E-state index is 6.43. The summed E-state index contributed by atoms with van der Waals surface area (Å²) in [7, 11) is 0. The highest BCUT2D eigenvalue weighted by Gasteiger charge is 2.53. The van der Waals surface area contributed by atoms with Crippen molar-refractivity contribution in [2.45, 2.75) is 31.7 Å². The second-order valence-electron chi connectivity index (χ2n) is 4.99. The van der Waals surface area contributed by atoms with Crippen molar-refractivity contribution in [1.29, 1.82) is 0 Å². The van der Waals surface area contributed by atoms with Gasteiger partial charge in [0.1, 0.15) is 0 Å². The van der Waals surface area contributed by atoms with E-state index in [1.165, 1.54) is 38.8 Å². The number of hydrogen-bond acceptors (Lipinski definition) is 2. The van der Waals surface area contributed by atoms with Gasteiger partial charge in [-0.15, -0.1) is 11.3 Å². The molecule has 1 aromatic heterocycles. The van der Waals surface area contributed by atoms with Gasteiger partial charge in [0.2, 0.25) is 0 Å². The number of fused-ring (bicyclic) bond motifs is 1. The molecule has 3 rings (SSSR count). The van der Waals surface area contributed by atoms with Gasteiger partial charge in [-0.25, -0.2) is 0 Å². The first-order valence-corrected chi connectivity index (χ1v) is 8.29. The van der Waals surface area contributed by atoms with E-state index in [2.05, 4.69) is 37.9 Å². The molecule has 0 bridgehead atoms. The smallest absolute Gasteiger partial charge is 0.0758 e. The molecule has 88 valence electrons. The molecular weight excluding hydrogens is 350 g/mol. The second kappa shape index (κ2) is 4.38. The van der Waals surface area contributed by atoms with Gasteiger partial charge >= 0.3 is 0 Å². The predicted octanol–water partition coefficient (Wildman–Crippen LogP) is 4.71. The third kappa shape index (κ3) is 1.92. The molecule has 1 heterocycles. The summed E-state index contributed by atoms with van der Waals surface area (Å²) in [6.07, 6.45) is 5.65. The van der Waals surface area contributed by atoms with Gasteiger partial charge in [-0.1, -0.05) is 12.8 Å². The molecule has 2 fully saturated rings. The van der Waals surface area contributed by atoms with Crippen LogP contribution in [0.25, 0.3) is 0 Å². The van der Waals surface area contributed by atoms with E-state index in [4.69, 9.17) is 5.73 Å². The third-order valence-corrected chi connectivity index (χ3v) is 6.57. The third-order valence-electron chi connectivity index (χ3n) is 4.18. The maximum Gasteiger partial charge on any atom is 0.0758 e. The highest BCUT2D eigenvalue weighted by Crippen LogP contribution is 2.60. The summed E-state index contributed by atoms with van der Waals surface area (Å²) in [5.74, 6) is 2.60. The molecule has 4 heteroatoms. The van der Waals surface area contributed by atoms with Crippen LogP contribution in [0.2, 0.25) is 0 Å². The summed E-state index contributed by atoms with van der Waals surface area (Å²) < 4.78 is 2.38. The van der Waals surface area contributed by atoms with Crippen LogP contribution in [0.5, 0.6) is 0 Å². The first kappa shape index (κ1) is 11.7. The lowest BCUT2D eigenvalue weighted by Gasteiger charge is -2.10. The summed E-state index contributed by atoms with van der Waals surface area (Å²) in [5.41, 5.74) is 7.73. The normalized spacial score (nSPS) is 34.6. The largest absolute Gasteiger partial charge is 0.324 e. The number of thiophene rings is 1. The molecule has 0 aliphatic heterocycles. The lowest BCUT2D eigenvalue weighted by atomic mass is 10.0. The highest BCUT2D eigenvalue weighted by atomic mass is 79.9. The van der Waals surface area contributed by atoms with Crippen LogP contribution in [0.15, 0.2) is 13.6 Å². The fourth-order valence-corrected chi connectivity index (χ4v) is 6.32. The summed E-state index contributed by atoms with van der Waals surface area (Å²) in [6.45, 7) is 0. The molecule has 0 aromatic carbocycles. The van der Waals surface area contributed by atoms with Crippen LogP contribution in [0, 0.1) is 17.8 Å². The SMILES string of the molecule is NC(c1cc(Br)sc1Br)C1C2CCCCC21. The van der Waals surface area contributed by atoms with E-state index < -0.39 is 0 Å². The minimum Gasteiger partial charge on any atom is -0.324 e. The Hall–Kier alpha value is 0.620. The van der Waals surface area contributed by atoms with E-state index >= 15 is 0 Å². The molecule has 1 nitrogen and oxygen atoms in total. The van der Waals surface area contributed by atoms with Crippen molar-refractivity contribution in [2.24, 2.45) is 23.5 Å². The molecule has 2 N–H and O–H groups in total. The lowest BCUT2D eigenvalue weighted by Crippen LogP contribution is -2.13. The quantitative estimate of drug-likeness (QED) is 0.807. The van der Waals surface area contributed by atoms with E-state index in [-0.39, 0.29) is 6.04 Å². The monoisotopic (exact) mass is 363 g/mol. The summed E-state index contributed by atoms with van der Waals surface area (Å²) in [4.78, 5) is 0. The maximum atomic E-state index is 6.43. The first-order valence-electron chi connectivity index (χ1n) is 5.89. The van der Waals surface area contributed by atoms with Gasteiger partial charge < -0.3 is 5.73 Å². The minimum absolute atomic E-state index is 0.241. The number of hydrogen-bond donors (Lipinski definition) is 1. The predicted molar refractivity (Wildman–Crippen MR) is 75.6 cm³/mol. The topological polar surface area (TPSA) is 26.0 Å². The number of rotatable bonds is 2. The van der Waals surface area contributed by atoms with Crippen molar-refractivity contribution in [3.05, 3.63) is 19.2 Å². The van der Waals surface area contributed by atoms with Gasteiger partial charge in [0.15, 0.2) is 0 Å². The zero-order chi connectivity index (χ0) is 11.3. The number of nitrogens with two attached hydrogens (primary N) is 1. The molecule has 0 spiro atoms. The number of halogens is 2. The van der Waals surface area contributed by atoms with Gasteiger partial charge in [0.05, 0.1) is 7.57 Å². The molecule has 2 saturated carbocycles. The van der Waals surface area contributed by atoms with Crippen LogP contribution in [-0.2, 0) is 0 Å². The Balaban J connectivity index is 1.78. The fraction of sp³-hybridized carbons (Fsp3) is 0.667. The summed E-state index contributed by atoms with van der Waals surface area (Å²) in [5, 5.41) is 0. The van der Waals surface area contributed by atoms with Crippen LogP contribution in [0.1, 0.15) is 37.3 Å². The Labute approximate surface area is 117 Å². The zero-order valence-corrected chi connectivity index (χ0v) is 12.9. The van der Waals surface area contributed by atoms with Crippen molar-refractivity contribution in [3.63, 3.8) is 0 Å². The Morgan fingerprint density at radius 3 is 2.38 bits per heavy atom. The molecule has 2 aliphatic carbocycles. The van der Waals surface area contributed by atoms with Crippen molar-refractivity contribution in [3.8, 4) is 0 Å². The van der Waals surface area contributed by atoms with Crippen molar-refractivity contribution < 1.29 is 0 Å². The molecule has 3 atom stereocenters. The van der Waals surface area contributed by atoms with Crippen LogP contribution >= 0.6 is 43.2 Å². The molecular formula is C12H15Br2NS. The Morgan fingerprint density at radius 1 is 1.25 bits per heavy atom. The van der Waals surface area contributed by atoms with Crippen LogP contribution in [0.4, 0.5) is 0 Å². The average Bonchev–Trinajstić information content (AvgIpc) is 2.89. The Bertz CT molecular complexity index is 392. The molecule has 2 aliphatic rings. The zero-order valence-electron chi connectivity index (χ0n) is 8.96. The van der Waals surface area contributed by atoms with Crippen molar-refractivity contribution >= 4 is 43.2 Å². The Morgan fingerprint density at radius 2 is 1.88 bits per heavy atom. The molecule has 16 heavy (non-hydrogen) atoms. The van der Waals surface area contributed by atoms with Gasteiger partial charge in [0, 0.05) is 6.04 Å². The van der Waals surface area contributed by atoms with Gasteiger partial charge in [-0.3, -0.25) is 0 Å². The van der Waals surface area contributed by atoms with E-state index in [1.807, 2.05) is 0 Å². The average molecular weight is 365 g/mol. The van der Waals surface area contributed by atoms with Gasteiger partial charge in [-0.2, -0.15) is 0 Å². The second-order valence-corrected chi connectivity index (χ2v) is 8.74. The van der Waals surface area contributed by atoms with Crippen molar-refractivity contribution in [1.82, 2.24) is 0 Å². The van der Waals surface area contributed by atoms with Crippen LogP contribution in [-0.4, -0.2) is 0 Å². The lowest BCUT2D eigenvalue weighted by molar-refractivity contribution is 0.480. The van der Waals surface area contributed by atoms with E-state index in [0.29, 0.717) is 0 Å².